The van der Waals surface area contributed by atoms with Crippen molar-refractivity contribution in [2.24, 2.45) is 5.84 Å². The Kier molecular flexibility index (Phi) is 4.89. The Morgan fingerprint density at radius 1 is 1.48 bits per heavy atom. The minimum Gasteiger partial charge on any atom is -0.469 e. The Morgan fingerprint density at radius 3 is 2.90 bits per heavy atom. The van der Waals surface area contributed by atoms with Gasteiger partial charge in [0.25, 0.3) is 5.91 Å². The van der Waals surface area contributed by atoms with Crippen molar-refractivity contribution in [3.63, 3.8) is 0 Å². The third kappa shape index (κ3) is 3.79. The summed E-state index contributed by atoms with van der Waals surface area (Å²) >= 11 is 0. The summed E-state index contributed by atoms with van der Waals surface area (Å²) in [7, 11) is 0. The molecule has 0 radical (unpaired) electrons. The van der Waals surface area contributed by atoms with Gasteiger partial charge in [0, 0.05) is 18.9 Å². The fraction of sp³-hybridized carbons (Fsp3) is 0.357. The molecule has 0 aliphatic rings. The van der Waals surface area contributed by atoms with Crippen molar-refractivity contribution in [1.29, 1.82) is 0 Å². The second kappa shape index (κ2) is 6.85. The number of carbonyl (C=O) groups is 1. The second-order valence-corrected chi connectivity index (χ2v) is 4.87. The monoisotopic (exact) mass is 289 g/mol. The molecule has 0 unspecified atom stereocenters. The standard InChI is InChI=1S/C14H19N5O2/c1-9(2)13-17-8-11(19-15)12(18-13)14(20)16-6-5-10-4-3-7-21-10/h3-4,7-9,19H,5-6,15H2,1-2H3,(H,16,20). The van der Waals surface area contributed by atoms with Crippen LogP contribution in [-0.4, -0.2) is 22.4 Å². The minimum absolute atomic E-state index is 0.131. The van der Waals surface area contributed by atoms with E-state index in [0.29, 0.717) is 24.5 Å². The van der Waals surface area contributed by atoms with E-state index in [4.69, 9.17) is 10.3 Å². The molecule has 112 valence electrons. The van der Waals surface area contributed by atoms with E-state index < -0.39 is 0 Å². The topological polar surface area (TPSA) is 106 Å². The number of anilines is 1. The van der Waals surface area contributed by atoms with Crippen molar-refractivity contribution in [1.82, 2.24) is 15.3 Å². The van der Waals surface area contributed by atoms with Gasteiger partial charge in [0.2, 0.25) is 0 Å². The lowest BCUT2D eigenvalue weighted by Crippen LogP contribution is -2.28. The van der Waals surface area contributed by atoms with Crippen molar-refractivity contribution in [3.8, 4) is 0 Å². The molecule has 2 aromatic heterocycles. The molecule has 7 heteroatoms. The van der Waals surface area contributed by atoms with Gasteiger partial charge >= 0.3 is 0 Å². The maximum Gasteiger partial charge on any atom is 0.272 e. The van der Waals surface area contributed by atoms with Crippen LogP contribution in [0, 0.1) is 0 Å². The van der Waals surface area contributed by atoms with E-state index in [0.717, 1.165) is 5.76 Å². The van der Waals surface area contributed by atoms with Crippen LogP contribution in [-0.2, 0) is 6.42 Å². The lowest BCUT2D eigenvalue weighted by Gasteiger charge is -2.11. The number of rotatable bonds is 6. The van der Waals surface area contributed by atoms with Crippen LogP contribution in [0.1, 0.15) is 41.8 Å². The predicted molar refractivity (Wildman–Crippen MR) is 78.7 cm³/mol. The zero-order valence-corrected chi connectivity index (χ0v) is 12.1. The SMILES string of the molecule is CC(C)c1ncc(NN)c(C(=O)NCCc2ccco2)n1. The number of furan rings is 1. The molecule has 2 rings (SSSR count). The van der Waals surface area contributed by atoms with Crippen LogP contribution in [0.5, 0.6) is 0 Å². The molecule has 21 heavy (non-hydrogen) atoms. The van der Waals surface area contributed by atoms with E-state index in [9.17, 15) is 4.79 Å². The fourth-order valence-electron chi connectivity index (χ4n) is 1.79. The summed E-state index contributed by atoms with van der Waals surface area (Å²) < 4.78 is 5.21. The van der Waals surface area contributed by atoms with Gasteiger partial charge in [-0.2, -0.15) is 0 Å². The maximum atomic E-state index is 12.2. The van der Waals surface area contributed by atoms with Crippen molar-refractivity contribution < 1.29 is 9.21 Å². The lowest BCUT2D eigenvalue weighted by molar-refractivity contribution is 0.0949. The van der Waals surface area contributed by atoms with Gasteiger partial charge in [-0.3, -0.25) is 10.6 Å². The van der Waals surface area contributed by atoms with Crippen LogP contribution in [0.25, 0.3) is 0 Å². The number of carbonyl (C=O) groups excluding carboxylic acids is 1. The first-order chi connectivity index (χ1) is 10.1. The van der Waals surface area contributed by atoms with Crippen LogP contribution in [0.3, 0.4) is 0 Å². The molecule has 0 bridgehead atoms. The average Bonchev–Trinajstić information content (AvgIpc) is 2.99. The van der Waals surface area contributed by atoms with E-state index >= 15 is 0 Å². The highest BCUT2D eigenvalue weighted by atomic mass is 16.3. The molecular weight excluding hydrogens is 270 g/mol. The number of nitrogens with two attached hydrogens (primary N) is 1. The summed E-state index contributed by atoms with van der Waals surface area (Å²) in [4.78, 5) is 20.6. The molecule has 0 saturated carbocycles. The minimum atomic E-state index is -0.293. The Labute approximate surface area is 122 Å². The summed E-state index contributed by atoms with van der Waals surface area (Å²) in [5, 5.41) is 2.79. The van der Waals surface area contributed by atoms with Crippen molar-refractivity contribution >= 4 is 11.6 Å². The highest BCUT2D eigenvalue weighted by Crippen LogP contribution is 2.15. The smallest absolute Gasteiger partial charge is 0.272 e. The zero-order valence-electron chi connectivity index (χ0n) is 12.1. The molecule has 2 aromatic rings. The summed E-state index contributed by atoms with van der Waals surface area (Å²) in [6.07, 6.45) is 3.74. The number of hydrogen-bond donors (Lipinski definition) is 3. The summed E-state index contributed by atoms with van der Waals surface area (Å²) in [5.74, 6) is 6.65. The molecule has 0 aromatic carbocycles. The van der Waals surface area contributed by atoms with Crippen LogP contribution in [0.15, 0.2) is 29.0 Å². The average molecular weight is 289 g/mol. The van der Waals surface area contributed by atoms with Crippen molar-refractivity contribution in [2.75, 3.05) is 12.0 Å². The Morgan fingerprint density at radius 2 is 2.29 bits per heavy atom. The number of nitrogens with one attached hydrogen (secondary N) is 2. The molecule has 0 saturated heterocycles. The Balaban J connectivity index is 2.04. The summed E-state index contributed by atoms with van der Waals surface area (Å²) in [5.41, 5.74) is 3.09. The summed E-state index contributed by atoms with van der Waals surface area (Å²) in [6.45, 7) is 4.38. The first-order valence-electron chi connectivity index (χ1n) is 6.76. The van der Waals surface area contributed by atoms with Gasteiger partial charge in [0.1, 0.15) is 11.6 Å². The number of amides is 1. The van der Waals surface area contributed by atoms with Gasteiger partial charge in [0.05, 0.1) is 18.1 Å². The van der Waals surface area contributed by atoms with E-state index in [2.05, 4.69) is 20.7 Å². The van der Waals surface area contributed by atoms with Gasteiger partial charge in [-0.25, -0.2) is 9.97 Å². The number of aromatic nitrogens is 2. The van der Waals surface area contributed by atoms with Crippen LogP contribution in [0.4, 0.5) is 5.69 Å². The van der Waals surface area contributed by atoms with E-state index in [1.54, 1.807) is 6.26 Å². The van der Waals surface area contributed by atoms with Gasteiger partial charge in [-0.1, -0.05) is 13.8 Å². The Bertz CT molecular complexity index is 595. The number of hydrazine groups is 1. The molecule has 0 fully saturated rings. The quantitative estimate of drug-likeness (QED) is 0.549. The largest absolute Gasteiger partial charge is 0.469 e. The number of nitrogens with zero attached hydrogens (tertiary/aromatic N) is 2. The molecule has 1 amide bonds. The van der Waals surface area contributed by atoms with E-state index in [1.165, 1.54) is 6.20 Å². The highest BCUT2D eigenvalue weighted by Gasteiger charge is 2.15. The van der Waals surface area contributed by atoms with E-state index in [1.807, 2.05) is 26.0 Å². The summed E-state index contributed by atoms with van der Waals surface area (Å²) in [6, 6.07) is 3.67. The van der Waals surface area contributed by atoms with Gasteiger partial charge in [0.15, 0.2) is 5.69 Å². The molecule has 7 nitrogen and oxygen atoms in total. The molecule has 0 atom stereocenters. The number of nitrogen functional groups attached to an aromatic ring is 1. The number of hydrogen-bond acceptors (Lipinski definition) is 6. The normalized spacial score (nSPS) is 10.7. The van der Waals surface area contributed by atoms with Gasteiger partial charge < -0.3 is 15.2 Å². The first-order valence-corrected chi connectivity index (χ1v) is 6.76. The van der Waals surface area contributed by atoms with Crippen LogP contribution in [0.2, 0.25) is 0 Å². The third-order valence-electron chi connectivity index (χ3n) is 2.93. The molecular formula is C14H19N5O2. The first kappa shape index (κ1) is 15.0. The molecule has 0 aliphatic heterocycles. The molecule has 0 spiro atoms. The van der Waals surface area contributed by atoms with Crippen LogP contribution >= 0.6 is 0 Å². The fourth-order valence-corrected chi connectivity index (χ4v) is 1.79. The molecule has 4 N–H and O–H groups in total. The van der Waals surface area contributed by atoms with Crippen molar-refractivity contribution in [2.45, 2.75) is 26.2 Å². The van der Waals surface area contributed by atoms with Crippen molar-refractivity contribution in [3.05, 3.63) is 41.9 Å². The third-order valence-corrected chi connectivity index (χ3v) is 2.93. The zero-order chi connectivity index (χ0) is 15.2. The maximum absolute atomic E-state index is 12.2. The second-order valence-electron chi connectivity index (χ2n) is 4.87. The highest BCUT2D eigenvalue weighted by molar-refractivity contribution is 5.97. The van der Waals surface area contributed by atoms with E-state index in [-0.39, 0.29) is 17.5 Å². The molecule has 2 heterocycles. The Hall–Kier alpha value is -2.41. The lowest BCUT2D eigenvalue weighted by atomic mass is 10.2. The van der Waals surface area contributed by atoms with Gasteiger partial charge in [-0.15, -0.1) is 0 Å². The predicted octanol–water partition coefficient (Wildman–Crippen LogP) is 1.45. The van der Waals surface area contributed by atoms with Crippen LogP contribution < -0.4 is 16.6 Å². The van der Waals surface area contributed by atoms with Gasteiger partial charge in [-0.05, 0) is 12.1 Å². The molecule has 0 aliphatic carbocycles.